The highest BCUT2D eigenvalue weighted by Gasteiger charge is 2.52. The lowest BCUT2D eigenvalue weighted by molar-refractivity contribution is -0.161. The third-order valence-corrected chi connectivity index (χ3v) is 8.12. The highest BCUT2D eigenvalue weighted by Crippen LogP contribution is 2.32. The highest BCUT2D eigenvalue weighted by molar-refractivity contribution is 5.78. The fourth-order valence-electron chi connectivity index (χ4n) is 6.04. The Labute approximate surface area is 239 Å². The van der Waals surface area contributed by atoms with Gasteiger partial charge in [-0.1, -0.05) is 0 Å². The summed E-state index contributed by atoms with van der Waals surface area (Å²) in [6, 6.07) is 0. The van der Waals surface area contributed by atoms with Gasteiger partial charge in [0, 0.05) is 0 Å². The van der Waals surface area contributed by atoms with Crippen LogP contribution in [0, 0.1) is 0 Å². The summed E-state index contributed by atoms with van der Waals surface area (Å²) in [5, 5.41) is 19.6. The molecule has 16 nitrogen and oxygen atoms in total. The number of carbonyl (C=O) groups excluding carboxylic acids is 4. The molecule has 0 radical (unpaired) electrons. The summed E-state index contributed by atoms with van der Waals surface area (Å²) in [6.07, 6.45) is -8.64. The minimum absolute atomic E-state index is 0.0242. The van der Waals surface area contributed by atoms with Crippen molar-refractivity contribution >= 4 is 23.9 Å². The molecular weight excluding hydrogens is 568 g/mol. The molecule has 0 bridgehead atoms. The van der Waals surface area contributed by atoms with Gasteiger partial charge in [-0.3, -0.25) is 19.2 Å². The molecule has 6 heterocycles. The first-order valence-corrected chi connectivity index (χ1v) is 14.1. The van der Waals surface area contributed by atoms with Gasteiger partial charge >= 0.3 is 23.9 Å². The maximum atomic E-state index is 12.4. The summed E-state index contributed by atoms with van der Waals surface area (Å²) >= 11 is 0. The van der Waals surface area contributed by atoms with E-state index in [0.29, 0.717) is 0 Å². The monoisotopic (exact) mass is 602 g/mol. The van der Waals surface area contributed by atoms with Crippen molar-refractivity contribution in [3.63, 3.8) is 0 Å². The molecule has 0 saturated carbocycles. The second kappa shape index (κ2) is 12.7. The number of esters is 4. The van der Waals surface area contributed by atoms with Crippen molar-refractivity contribution in [3.05, 3.63) is 0 Å². The molecule has 0 amide bonds. The molecular formula is C26H34O16. The first-order valence-electron chi connectivity index (χ1n) is 14.1. The molecule has 42 heavy (non-hydrogen) atoms. The predicted molar refractivity (Wildman–Crippen MR) is 128 cm³/mol. The van der Waals surface area contributed by atoms with E-state index < -0.39 is 97.1 Å². The lowest BCUT2D eigenvalue weighted by Gasteiger charge is -2.18. The number of ether oxygens (including phenoxy) is 10. The van der Waals surface area contributed by atoms with E-state index in [1.165, 1.54) is 0 Å². The van der Waals surface area contributed by atoms with Crippen molar-refractivity contribution in [1.82, 2.24) is 0 Å². The van der Waals surface area contributed by atoms with Gasteiger partial charge in [0.2, 0.25) is 0 Å². The Morgan fingerprint density at radius 1 is 0.429 bits per heavy atom. The molecule has 0 aromatic carbocycles. The Kier molecular flexibility index (Phi) is 8.93. The average molecular weight is 603 g/mol. The van der Waals surface area contributed by atoms with Crippen LogP contribution in [0.1, 0.15) is 25.7 Å². The Morgan fingerprint density at radius 3 is 0.976 bits per heavy atom. The van der Waals surface area contributed by atoms with Gasteiger partial charge < -0.3 is 57.6 Å². The van der Waals surface area contributed by atoms with Crippen molar-refractivity contribution in [3.8, 4) is 0 Å². The minimum Gasteiger partial charge on any atom is -0.457 e. The average Bonchev–Trinajstić information content (AvgIpc) is 3.79. The van der Waals surface area contributed by atoms with Crippen molar-refractivity contribution in [2.75, 3.05) is 39.6 Å². The highest BCUT2D eigenvalue weighted by atomic mass is 16.7. The quantitative estimate of drug-likeness (QED) is 0.193. The molecule has 6 saturated heterocycles. The molecule has 0 unspecified atom stereocenters. The third kappa shape index (κ3) is 6.26. The summed E-state index contributed by atoms with van der Waals surface area (Å²) in [7, 11) is 0. The van der Waals surface area contributed by atoms with Crippen molar-refractivity contribution in [2.24, 2.45) is 0 Å². The summed E-state index contributed by atoms with van der Waals surface area (Å²) < 4.78 is 54.6. The second-order valence-electron chi connectivity index (χ2n) is 11.0. The number of rotatable bonds is 10. The van der Waals surface area contributed by atoms with Crippen LogP contribution in [0.5, 0.6) is 0 Å². The van der Waals surface area contributed by atoms with Crippen molar-refractivity contribution in [2.45, 2.75) is 98.9 Å². The molecule has 0 spiro atoms. The fourth-order valence-corrected chi connectivity index (χ4v) is 6.04. The lowest BCUT2D eigenvalue weighted by atomic mass is 10.1. The first kappa shape index (κ1) is 29.6. The molecule has 234 valence electrons. The van der Waals surface area contributed by atoms with Gasteiger partial charge in [-0.25, -0.2) is 0 Å². The number of fused-ring (bicyclic) bond motifs is 3. The molecule has 6 aliphatic heterocycles. The largest absolute Gasteiger partial charge is 0.457 e. The molecule has 2 N–H and O–H groups in total. The van der Waals surface area contributed by atoms with Crippen LogP contribution in [0.25, 0.3) is 0 Å². The summed E-state index contributed by atoms with van der Waals surface area (Å²) in [5.74, 6) is -2.53. The number of carbonyl (C=O) groups is 4. The van der Waals surface area contributed by atoms with Gasteiger partial charge in [-0.05, 0) is 0 Å². The summed E-state index contributed by atoms with van der Waals surface area (Å²) in [5.41, 5.74) is 0. The standard InChI is InChI=1S/C26H34O16/c27-11-5-33-23-13(7-35-21(11)23)39-17(29)1-3-19(31)41-15-9-37-26-16(10-38-25(15)26)42-20(32)4-2-18(30)40-14-8-36-22-12(28)6-34-24(14)22/h11-16,21-28H,1-10H2/t11-,12+,13+,14-,15+,16-,21+,22-,23+,24-,25-,26-/m1/s1. The summed E-state index contributed by atoms with van der Waals surface area (Å²) in [6.45, 7) is 0.482. The van der Waals surface area contributed by atoms with Crippen LogP contribution < -0.4 is 0 Å². The Bertz CT molecular complexity index is 956. The molecule has 16 heteroatoms. The van der Waals surface area contributed by atoms with Crippen LogP contribution in [0.3, 0.4) is 0 Å². The predicted octanol–water partition coefficient (Wildman–Crippen LogP) is -2.69. The van der Waals surface area contributed by atoms with Crippen molar-refractivity contribution < 1.29 is 76.8 Å². The second-order valence-corrected chi connectivity index (χ2v) is 11.0. The minimum atomic E-state index is -0.763. The van der Waals surface area contributed by atoms with E-state index in [-0.39, 0.29) is 65.3 Å². The zero-order chi connectivity index (χ0) is 29.4. The lowest BCUT2D eigenvalue weighted by Crippen LogP contribution is -2.36. The number of aliphatic hydroxyl groups excluding tert-OH is 2. The molecule has 6 fully saturated rings. The van der Waals surface area contributed by atoms with Crippen LogP contribution in [-0.4, -0.2) is 147 Å². The van der Waals surface area contributed by atoms with Gasteiger partial charge in [-0.2, -0.15) is 0 Å². The third-order valence-electron chi connectivity index (χ3n) is 8.12. The van der Waals surface area contributed by atoms with E-state index in [1.807, 2.05) is 0 Å². The number of hydrogen-bond donors (Lipinski definition) is 2. The molecule has 6 rings (SSSR count). The molecule has 6 aliphatic rings. The molecule has 0 aliphatic carbocycles. The topological polar surface area (TPSA) is 201 Å². The van der Waals surface area contributed by atoms with E-state index in [2.05, 4.69) is 0 Å². The van der Waals surface area contributed by atoms with Crippen molar-refractivity contribution in [1.29, 1.82) is 0 Å². The van der Waals surface area contributed by atoms with Crippen LogP contribution in [0.2, 0.25) is 0 Å². The van der Waals surface area contributed by atoms with E-state index >= 15 is 0 Å². The Morgan fingerprint density at radius 2 is 0.667 bits per heavy atom. The van der Waals surface area contributed by atoms with Crippen LogP contribution in [0.15, 0.2) is 0 Å². The Balaban J connectivity index is 0.869. The van der Waals surface area contributed by atoms with Gasteiger partial charge in [-0.15, -0.1) is 0 Å². The summed E-state index contributed by atoms with van der Waals surface area (Å²) in [4.78, 5) is 49.2. The SMILES string of the molecule is O=C(CCC(=O)O[C@H]1CO[C@H]2[C@@H]1OC[C@H]2OC(=O)CCC(=O)O[C@@H]1CO[C@H]2[C@@H]1OC[C@@H]2O)O[C@H]1CO[C@@H]2[C@H]1OC[C@H]2O. The molecule has 0 aromatic rings. The maximum Gasteiger partial charge on any atom is 0.306 e. The first-order chi connectivity index (χ1) is 20.3. The zero-order valence-corrected chi connectivity index (χ0v) is 22.6. The smallest absolute Gasteiger partial charge is 0.306 e. The molecule has 12 atom stereocenters. The van der Waals surface area contributed by atoms with Crippen LogP contribution in [0.4, 0.5) is 0 Å². The Hall–Kier alpha value is -2.44. The van der Waals surface area contributed by atoms with Gasteiger partial charge in [0.15, 0.2) is 24.4 Å². The van der Waals surface area contributed by atoms with E-state index in [0.717, 1.165) is 0 Å². The van der Waals surface area contributed by atoms with Gasteiger partial charge in [0.1, 0.15) is 48.8 Å². The van der Waals surface area contributed by atoms with Crippen LogP contribution in [-0.2, 0) is 66.5 Å². The molecule has 0 aromatic heterocycles. The van der Waals surface area contributed by atoms with Gasteiger partial charge in [0.05, 0.1) is 65.3 Å². The fraction of sp³-hybridized carbons (Fsp3) is 0.846. The normalized spacial score (nSPS) is 41.7. The van der Waals surface area contributed by atoms with E-state index in [1.54, 1.807) is 0 Å². The van der Waals surface area contributed by atoms with Crippen LogP contribution >= 0.6 is 0 Å². The zero-order valence-electron chi connectivity index (χ0n) is 22.6. The number of aliphatic hydroxyl groups is 2. The number of hydrogen-bond acceptors (Lipinski definition) is 16. The van der Waals surface area contributed by atoms with Gasteiger partial charge in [0.25, 0.3) is 0 Å². The van der Waals surface area contributed by atoms with E-state index in [4.69, 9.17) is 47.4 Å². The van der Waals surface area contributed by atoms with E-state index in [9.17, 15) is 29.4 Å². The maximum absolute atomic E-state index is 12.4.